The number of carboxylic acids is 1. The van der Waals surface area contributed by atoms with Crippen molar-refractivity contribution in [1.29, 1.82) is 0 Å². The molecule has 1 aromatic carbocycles. The summed E-state index contributed by atoms with van der Waals surface area (Å²) in [6, 6.07) is 2.20. The van der Waals surface area contributed by atoms with Crippen molar-refractivity contribution >= 4 is 28.2 Å². The maximum Gasteiger partial charge on any atom is 0.417 e. The van der Waals surface area contributed by atoms with Crippen LogP contribution in [0.4, 0.5) is 22.6 Å². The lowest BCUT2D eigenvalue weighted by atomic mass is 10.0. The number of aromatic carboxylic acids is 1. The summed E-state index contributed by atoms with van der Waals surface area (Å²) in [6.45, 7) is 0. The van der Waals surface area contributed by atoms with Gasteiger partial charge in [0.15, 0.2) is 0 Å². The second-order valence-electron chi connectivity index (χ2n) is 6.60. The summed E-state index contributed by atoms with van der Waals surface area (Å²) in [5.74, 6) is -4.00. The predicted octanol–water partition coefficient (Wildman–Crippen LogP) is 4.63. The van der Waals surface area contributed by atoms with Gasteiger partial charge in [-0.3, -0.25) is 4.79 Å². The molecule has 0 aliphatic carbocycles. The third-order valence-corrected chi connectivity index (χ3v) is 6.10. The van der Waals surface area contributed by atoms with E-state index >= 15 is 0 Å². The SMILES string of the molecule is O=C(Nc1sc2c(c1C(=O)O)CC1CCC2O1)c1c(F)cccc1C(F)(F)F. The number of alkyl halides is 3. The molecule has 3 heterocycles. The molecule has 1 saturated heterocycles. The molecule has 2 aliphatic rings. The van der Waals surface area contributed by atoms with Gasteiger partial charge in [-0.15, -0.1) is 11.3 Å². The van der Waals surface area contributed by atoms with Crippen LogP contribution in [0, 0.1) is 5.82 Å². The normalized spacial score (nSPS) is 20.7. The summed E-state index contributed by atoms with van der Waals surface area (Å²) in [4.78, 5) is 24.9. The van der Waals surface area contributed by atoms with Gasteiger partial charge in [-0.1, -0.05) is 6.07 Å². The summed E-state index contributed by atoms with van der Waals surface area (Å²) < 4.78 is 59.3. The summed E-state index contributed by atoms with van der Waals surface area (Å²) in [5, 5.41) is 11.7. The van der Waals surface area contributed by atoms with Crippen LogP contribution in [-0.4, -0.2) is 23.1 Å². The second-order valence-corrected chi connectivity index (χ2v) is 7.65. The lowest BCUT2D eigenvalue weighted by molar-refractivity contribution is -0.138. The van der Waals surface area contributed by atoms with Crippen molar-refractivity contribution in [2.75, 3.05) is 5.32 Å². The van der Waals surface area contributed by atoms with Gasteiger partial charge in [0, 0.05) is 11.3 Å². The maximum absolute atomic E-state index is 14.0. The van der Waals surface area contributed by atoms with E-state index in [0.717, 1.165) is 29.9 Å². The molecule has 1 fully saturated rings. The van der Waals surface area contributed by atoms with Crippen molar-refractivity contribution < 1.29 is 37.0 Å². The zero-order chi connectivity index (χ0) is 20.2. The second kappa shape index (κ2) is 6.56. The van der Waals surface area contributed by atoms with E-state index in [2.05, 4.69) is 5.32 Å². The fourth-order valence-electron chi connectivity index (χ4n) is 3.69. The van der Waals surface area contributed by atoms with Crippen LogP contribution in [0.3, 0.4) is 0 Å². The fraction of sp³-hybridized carbons (Fsp3) is 0.333. The molecule has 148 valence electrons. The van der Waals surface area contributed by atoms with Gasteiger partial charge in [-0.05, 0) is 30.5 Å². The minimum Gasteiger partial charge on any atom is -0.478 e. The minimum atomic E-state index is -4.94. The highest BCUT2D eigenvalue weighted by Gasteiger charge is 2.40. The first-order valence-electron chi connectivity index (χ1n) is 8.38. The lowest BCUT2D eigenvalue weighted by Gasteiger charge is -2.20. The van der Waals surface area contributed by atoms with E-state index in [1.54, 1.807) is 0 Å². The predicted molar refractivity (Wildman–Crippen MR) is 91.2 cm³/mol. The number of carboxylic acid groups (broad SMARTS) is 1. The molecule has 2 atom stereocenters. The molecule has 0 saturated carbocycles. The Labute approximate surface area is 159 Å². The average molecular weight is 415 g/mol. The van der Waals surface area contributed by atoms with Crippen molar-refractivity contribution in [2.24, 2.45) is 0 Å². The van der Waals surface area contributed by atoms with Crippen molar-refractivity contribution in [3.05, 3.63) is 51.1 Å². The van der Waals surface area contributed by atoms with Gasteiger partial charge in [-0.2, -0.15) is 13.2 Å². The van der Waals surface area contributed by atoms with Gasteiger partial charge >= 0.3 is 12.1 Å². The zero-order valence-corrected chi connectivity index (χ0v) is 14.9. The van der Waals surface area contributed by atoms with Crippen molar-refractivity contribution in [2.45, 2.75) is 37.6 Å². The summed E-state index contributed by atoms with van der Waals surface area (Å²) in [7, 11) is 0. The molecule has 2 unspecified atom stereocenters. The molecule has 2 bridgehead atoms. The molecule has 10 heteroatoms. The molecule has 2 N–H and O–H groups in total. The van der Waals surface area contributed by atoms with Crippen LogP contribution in [0.25, 0.3) is 0 Å². The zero-order valence-electron chi connectivity index (χ0n) is 14.1. The number of rotatable bonds is 3. The van der Waals surface area contributed by atoms with Gasteiger partial charge in [0.2, 0.25) is 0 Å². The quantitative estimate of drug-likeness (QED) is 0.717. The molecular weight excluding hydrogens is 402 g/mol. The Morgan fingerprint density at radius 2 is 1.96 bits per heavy atom. The van der Waals surface area contributed by atoms with Crippen LogP contribution < -0.4 is 5.32 Å². The van der Waals surface area contributed by atoms with Gasteiger partial charge in [0.05, 0.1) is 28.9 Å². The Balaban J connectivity index is 1.75. The average Bonchev–Trinajstić information content (AvgIpc) is 3.16. The van der Waals surface area contributed by atoms with Crippen molar-refractivity contribution in [3.8, 4) is 0 Å². The van der Waals surface area contributed by atoms with E-state index in [4.69, 9.17) is 4.74 Å². The van der Waals surface area contributed by atoms with Crippen molar-refractivity contribution in [3.63, 3.8) is 0 Å². The van der Waals surface area contributed by atoms with E-state index in [-0.39, 0.29) is 22.8 Å². The number of amides is 1. The molecule has 28 heavy (non-hydrogen) atoms. The summed E-state index contributed by atoms with van der Waals surface area (Å²) in [5.41, 5.74) is -2.24. The molecule has 0 spiro atoms. The van der Waals surface area contributed by atoms with Crippen LogP contribution in [-0.2, 0) is 17.3 Å². The maximum atomic E-state index is 14.0. The lowest BCUT2D eigenvalue weighted by Crippen LogP contribution is -2.21. The standard InChI is InChI=1S/C18H13F4NO4S/c19-10-3-1-2-9(18(20,21)22)13(10)15(24)23-16-12(17(25)26)8-6-7-4-5-11(27-7)14(8)28-16/h1-3,7,11H,4-6H2,(H,23,24)(H,25,26). The van der Waals surface area contributed by atoms with Crippen molar-refractivity contribution in [1.82, 2.24) is 0 Å². The van der Waals surface area contributed by atoms with E-state index in [0.29, 0.717) is 29.3 Å². The van der Waals surface area contributed by atoms with E-state index in [9.17, 15) is 32.3 Å². The molecular formula is C18H13F4NO4S. The largest absolute Gasteiger partial charge is 0.478 e. The number of thiophene rings is 1. The molecule has 5 nitrogen and oxygen atoms in total. The number of carbonyl (C=O) groups excluding carboxylic acids is 1. The summed E-state index contributed by atoms with van der Waals surface area (Å²) in [6.07, 6.45) is -3.49. The highest BCUT2D eigenvalue weighted by molar-refractivity contribution is 7.17. The number of hydrogen-bond acceptors (Lipinski definition) is 4. The molecule has 1 amide bonds. The van der Waals surface area contributed by atoms with Crippen LogP contribution in [0.5, 0.6) is 0 Å². The number of hydrogen-bond donors (Lipinski definition) is 2. The number of anilines is 1. The van der Waals surface area contributed by atoms with E-state index in [1.807, 2.05) is 0 Å². The van der Waals surface area contributed by atoms with Crippen LogP contribution in [0.2, 0.25) is 0 Å². The third-order valence-electron chi connectivity index (χ3n) is 4.86. The first-order chi connectivity index (χ1) is 13.2. The summed E-state index contributed by atoms with van der Waals surface area (Å²) >= 11 is 0.950. The Morgan fingerprint density at radius 3 is 2.64 bits per heavy atom. The number of benzene rings is 1. The van der Waals surface area contributed by atoms with Gasteiger partial charge < -0.3 is 15.2 Å². The molecule has 4 rings (SSSR count). The first-order valence-corrected chi connectivity index (χ1v) is 9.19. The number of ether oxygens (including phenoxy) is 1. The van der Waals surface area contributed by atoms with E-state index < -0.39 is 35.0 Å². The van der Waals surface area contributed by atoms with Gasteiger partial charge in [0.25, 0.3) is 5.91 Å². The Morgan fingerprint density at radius 1 is 1.21 bits per heavy atom. The molecule has 2 aromatic rings. The molecule has 2 aliphatic heterocycles. The Kier molecular flexibility index (Phi) is 4.42. The monoisotopic (exact) mass is 415 g/mol. The van der Waals surface area contributed by atoms with Crippen LogP contribution in [0.15, 0.2) is 18.2 Å². The first kappa shape index (κ1) is 18.9. The fourth-order valence-corrected chi connectivity index (χ4v) is 4.98. The van der Waals surface area contributed by atoms with Crippen LogP contribution >= 0.6 is 11.3 Å². The number of carbonyl (C=O) groups is 2. The smallest absolute Gasteiger partial charge is 0.417 e. The minimum absolute atomic E-state index is 0.114. The molecule has 0 radical (unpaired) electrons. The number of fused-ring (bicyclic) bond motifs is 4. The Hall–Kier alpha value is -2.46. The highest BCUT2D eigenvalue weighted by Crippen LogP contribution is 2.49. The molecule has 1 aromatic heterocycles. The Bertz CT molecular complexity index is 985. The topological polar surface area (TPSA) is 75.6 Å². The number of nitrogens with one attached hydrogen (secondary N) is 1. The van der Waals surface area contributed by atoms with Gasteiger partial charge in [-0.25, -0.2) is 9.18 Å². The highest BCUT2D eigenvalue weighted by atomic mass is 32.1. The van der Waals surface area contributed by atoms with Gasteiger partial charge in [0.1, 0.15) is 10.8 Å². The van der Waals surface area contributed by atoms with Crippen LogP contribution in [0.1, 0.15) is 55.7 Å². The van der Waals surface area contributed by atoms with E-state index in [1.165, 1.54) is 0 Å². The third kappa shape index (κ3) is 3.06. The number of halogens is 4.